The van der Waals surface area contributed by atoms with Crippen LogP contribution in [-0.2, 0) is 4.79 Å². The summed E-state index contributed by atoms with van der Waals surface area (Å²) in [4.78, 5) is 18.4. The molecule has 1 unspecified atom stereocenters. The molecule has 2 aromatic rings. The molecule has 1 aromatic heterocycles. The van der Waals surface area contributed by atoms with Gasteiger partial charge in [0.05, 0.1) is 17.6 Å². The van der Waals surface area contributed by atoms with E-state index in [0.717, 1.165) is 22.1 Å². The van der Waals surface area contributed by atoms with Crippen molar-refractivity contribution in [2.75, 3.05) is 14.1 Å². The number of rotatable bonds is 2. The summed E-state index contributed by atoms with van der Waals surface area (Å²) < 4.78 is 1.75. The zero-order chi connectivity index (χ0) is 15.0. The second kappa shape index (κ2) is 5.37. The molecule has 3 rings (SSSR count). The van der Waals surface area contributed by atoms with Crippen LogP contribution >= 0.6 is 11.8 Å². The van der Waals surface area contributed by atoms with Crippen molar-refractivity contribution in [3.8, 4) is 11.3 Å². The van der Waals surface area contributed by atoms with E-state index in [0.29, 0.717) is 0 Å². The molecular formula is C15H16N4OS. The Balaban J connectivity index is 1.95. The number of benzene rings is 1. The summed E-state index contributed by atoms with van der Waals surface area (Å²) in [5.41, 5.74) is 2.71. The lowest BCUT2D eigenvalue weighted by molar-refractivity contribution is -0.126. The van der Waals surface area contributed by atoms with Crippen LogP contribution in [0.2, 0.25) is 0 Å². The molecule has 0 saturated heterocycles. The van der Waals surface area contributed by atoms with Crippen LogP contribution in [0.25, 0.3) is 11.3 Å². The summed E-state index contributed by atoms with van der Waals surface area (Å²) in [6, 6.07) is 9.96. The highest BCUT2D eigenvalue weighted by Gasteiger charge is 2.30. The molecule has 5 nitrogen and oxygen atoms in total. The normalized spacial score (nSPS) is 17.1. The van der Waals surface area contributed by atoms with Gasteiger partial charge >= 0.3 is 0 Å². The van der Waals surface area contributed by atoms with Gasteiger partial charge < -0.3 is 4.90 Å². The van der Waals surface area contributed by atoms with Crippen LogP contribution in [0.5, 0.6) is 0 Å². The van der Waals surface area contributed by atoms with E-state index < -0.39 is 0 Å². The molecule has 1 amide bonds. The molecule has 0 aliphatic carbocycles. The fourth-order valence-corrected chi connectivity index (χ4v) is 3.22. The second-order valence-corrected chi connectivity index (χ2v) is 6.16. The molecule has 0 N–H and O–H groups in total. The van der Waals surface area contributed by atoms with Crippen molar-refractivity contribution in [3.63, 3.8) is 0 Å². The van der Waals surface area contributed by atoms with Gasteiger partial charge in [-0.15, -0.1) is 0 Å². The smallest absolute Gasteiger partial charge is 0.241 e. The minimum Gasteiger partial charge on any atom is -0.348 e. The van der Waals surface area contributed by atoms with Crippen molar-refractivity contribution in [1.82, 2.24) is 14.6 Å². The Morgan fingerprint density at radius 1 is 1.29 bits per heavy atom. The minimum absolute atomic E-state index is 0.0387. The minimum atomic E-state index is -0.293. The van der Waals surface area contributed by atoms with Gasteiger partial charge in [0, 0.05) is 19.7 Å². The van der Waals surface area contributed by atoms with Crippen LogP contribution < -0.4 is 0 Å². The maximum Gasteiger partial charge on any atom is 0.241 e. The van der Waals surface area contributed by atoms with Gasteiger partial charge in [-0.05, 0) is 6.92 Å². The van der Waals surface area contributed by atoms with Crippen LogP contribution in [0.15, 0.2) is 46.8 Å². The fourth-order valence-electron chi connectivity index (χ4n) is 2.13. The van der Waals surface area contributed by atoms with Gasteiger partial charge in [-0.1, -0.05) is 42.1 Å². The molecule has 0 fully saturated rings. The summed E-state index contributed by atoms with van der Waals surface area (Å²) in [7, 11) is 3.51. The Morgan fingerprint density at radius 2 is 2.00 bits per heavy atom. The number of carbonyl (C=O) groups excluding carboxylic acids is 1. The lowest BCUT2D eigenvalue weighted by Gasteiger charge is -2.22. The van der Waals surface area contributed by atoms with Gasteiger partial charge in [0.15, 0.2) is 5.16 Å². The van der Waals surface area contributed by atoms with E-state index in [1.54, 1.807) is 23.7 Å². The molecule has 21 heavy (non-hydrogen) atoms. The molecule has 108 valence electrons. The number of nitrogens with zero attached hydrogens (tertiary/aromatic N) is 4. The third-order valence-electron chi connectivity index (χ3n) is 3.26. The maximum absolute atomic E-state index is 12.2. The number of fused-ring (bicyclic) bond motifs is 1. The van der Waals surface area contributed by atoms with Crippen LogP contribution in [-0.4, -0.2) is 45.5 Å². The highest BCUT2D eigenvalue weighted by molar-refractivity contribution is 8.01. The summed E-state index contributed by atoms with van der Waals surface area (Å²) in [6.07, 6.45) is 1.90. The lowest BCUT2D eigenvalue weighted by atomic mass is 10.2. The van der Waals surface area contributed by atoms with E-state index in [-0.39, 0.29) is 11.2 Å². The third kappa shape index (κ3) is 2.58. The van der Waals surface area contributed by atoms with Crippen LogP contribution in [0.3, 0.4) is 0 Å². The Labute approximate surface area is 127 Å². The monoisotopic (exact) mass is 300 g/mol. The van der Waals surface area contributed by atoms with Crippen LogP contribution in [0.1, 0.15) is 6.92 Å². The standard InChI is InChI=1S/C15H16N4OS/c1-10-13(14(20)18(2)3)21-15-16-12(9-19(15)17-10)11-7-5-4-6-8-11/h4-9,13H,1-3H3. The molecule has 6 heteroatoms. The predicted molar refractivity (Wildman–Crippen MR) is 84.5 cm³/mol. The largest absolute Gasteiger partial charge is 0.348 e. The van der Waals surface area contributed by atoms with Crippen molar-refractivity contribution >= 4 is 23.4 Å². The van der Waals surface area contributed by atoms with Crippen molar-refractivity contribution in [2.45, 2.75) is 17.3 Å². The van der Waals surface area contributed by atoms with Crippen molar-refractivity contribution < 1.29 is 4.79 Å². The topological polar surface area (TPSA) is 50.5 Å². The molecule has 1 aliphatic rings. The van der Waals surface area contributed by atoms with E-state index in [4.69, 9.17) is 0 Å². The third-order valence-corrected chi connectivity index (χ3v) is 4.53. The number of hydrogen-bond donors (Lipinski definition) is 0. The highest BCUT2D eigenvalue weighted by Crippen LogP contribution is 2.31. The van der Waals surface area contributed by atoms with Gasteiger partial charge in [0.1, 0.15) is 5.25 Å². The Kier molecular flexibility index (Phi) is 3.55. The fraction of sp³-hybridized carbons (Fsp3) is 0.267. The first kappa shape index (κ1) is 13.9. The van der Waals surface area contributed by atoms with Gasteiger partial charge in [-0.25, -0.2) is 9.66 Å². The summed E-state index contributed by atoms with van der Waals surface area (Å²) in [6.45, 7) is 1.88. The number of imidazole rings is 1. The molecule has 0 saturated carbocycles. The Morgan fingerprint density at radius 3 is 2.67 bits per heavy atom. The van der Waals surface area contributed by atoms with E-state index >= 15 is 0 Å². The van der Waals surface area contributed by atoms with Crippen LogP contribution in [0, 0.1) is 0 Å². The lowest BCUT2D eigenvalue weighted by Crippen LogP contribution is -2.37. The average Bonchev–Trinajstić information content (AvgIpc) is 2.89. The number of aromatic nitrogens is 2. The average molecular weight is 300 g/mol. The highest BCUT2D eigenvalue weighted by atomic mass is 32.2. The molecule has 0 radical (unpaired) electrons. The maximum atomic E-state index is 12.2. The summed E-state index contributed by atoms with van der Waals surface area (Å²) in [5.74, 6) is 0.0387. The zero-order valence-electron chi connectivity index (χ0n) is 12.1. The van der Waals surface area contributed by atoms with Crippen LogP contribution in [0.4, 0.5) is 0 Å². The summed E-state index contributed by atoms with van der Waals surface area (Å²) >= 11 is 1.45. The van der Waals surface area contributed by atoms with E-state index in [1.165, 1.54) is 11.8 Å². The number of amides is 1. The Hall–Kier alpha value is -2.08. The molecule has 1 atom stereocenters. The zero-order valence-corrected chi connectivity index (χ0v) is 13.0. The first-order valence-corrected chi connectivity index (χ1v) is 7.52. The van der Waals surface area contributed by atoms with Gasteiger partial charge in [0.25, 0.3) is 0 Å². The molecule has 1 aliphatic heterocycles. The molecule has 2 heterocycles. The van der Waals surface area contributed by atoms with Gasteiger partial charge in [0.2, 0.25) is 5.91 Å². The number of thioether (sulfide) groups is 1. The second-order valence-electron chi connectivity index (χ2n) is 5.09. The molecule has 0 bridgehead atoms. The first-order chi connectivity index (χ1) is 10.1. The van der Waals surface area contributed by atoms with Crippen molar-refractivity contribution in [1.29, 1.82) is 0 Å². The SMILES string of the molecule is CC1=Nn2cc(-c3ccccc3)nc2SC1C(=O)N(C)C. The van der Waals surface area contributed by atoms with Crippen molar-refractivity contribution in [2.24, 2.45) is 5.10 Å². The summed E-state index contributed by atoms with van der Waals surface area (Å²) in [5, 5.41) is 4.94. The number of hydrogen-bond acceptors (Lipinski definition) is 4. The first-order valence-electron chi connectivity index (χ1n) is 6.64. The number of carbonyl (C=O) groups is 1. The van der Waals surface area contributed by atoms with Gasteiger partial charge in [-0.2, -0.15) is 5.10 Å². The predicted octanol–water partition coefficient (Wildman–Crippen LogP) is 2.34. The van der Waals surface area contributed by atoms with E-state index in [1.807, 2.05) is 43.5 Å². The molecular weight excluding hydrogens is 284 g/mol. The van der Waals surface area contributed by atoms with Gasteiger partial charge in [-0.3, -0.25) is 4.79 Å². The van der Waals surface area contributed by atoms with Crippen molar-refractivity contribution in [3.05, 3.63) is 36.5 Å². The van der Waals surface area contributed by atoms with E-state index in [2.05, 4.69) is 10.1 Å². The Bertz CT molecular complexity index is 706. The molecule has 0 spiro atoms. The molecule has 1 aromatic carbocycles. The quantitative estimate of drug-likeness (QED) is 0.855. The van der Waals surface area contributed by atoms with E-state index in [9.17, 15) is 4.79 Å².